The summed E-state index contributed by atoms with van der Waals surface area (Å²) in [5.41, 5.74) is 4.95. The van der Waals surface area contributed by atoms with Crippen LogP contribution in [0.2, 0.25) is 5.02 Å². The van der Waals surface area contributed by atoms with Crippen molar-refractivity contribution in [2.45, 2.75) is 24.9 Å². The van der Waals surface area contributed by atoms with E-state index in [0.717, 1.165) is 24.2 Å². The third-order valence-electron chi connectivity index (χ3n) is 4.14. The van der Waals surface area contributed by atoms with Crippen LogP contribution in [-0.4, -0.2) is 27.0 Å². The molecule has 3 rings (SSSR count). The van der Waals surface area contributed by atoms with Crippen LogP contribution in [0.1, 0.15) is 30.9 Å². The van der Waals surface area contributed by atoms with Crippen molar-refractivity contribution in [1.29, 1.82) is 5.26 Å². The summed E-state index contributed by atoms with van der Waals surface area (Å²) in [6.07, 6.45) is 3.55. The molecule has 8 heteroatoms. The predicted molar refractivity (Wildman–Crippen MR) is 122 cm³/mol. The number of nitrogens with zero attached hydrogens (tertiary/aromatic N) is 4. The van der Waals surface area contributed by atoms with E-state index in [1.165, 1.54) is 12.3 Å². The van der Waals surface area contributed by atoms with Crippen molar-refractivity contribution in [2.24, 2.45) is 5.10 Å². The molecule has 2 N–H and O–H groups in total. The summed E-state index contributed by atoms with van der Waals surface area (Å²) in [4.78, 5) is 9.11. The predicted octanol–water partition coefficient (Wildman–Crippen LogP) is 5.71. The molecule has 1 aromatic heterocycles. The minimum absolute atomic E-state index is 0.0499. The molecule has 152 valence electrons. The van der Waals surface area contributed by atoms with E-state index in [1.54, 1.807) is 23.9 Å². The summed E-state index contributed by atoms with van der Waals surface area (Å²) in [5, 5.41) is 24.9. The van der Waals surface area contributed by atoms with Crippen LogP contribution in [0.15, 0.2) is 58.8 Å². The second kappa shape index (κ2) is 10.6. The quantitative estimate of drug-likeness (QED) is 0.154. The Kier molecular flexibility index (Phi) is 7.66. The van der Waals surface area contributed by atoms with Gasteiger partial charge in [-0.1, -0.05) is 67.0 Å². The number of halogens is 1. The minimum atomic E-state index is 0.0499. The lowest BCUT2D eigenvalue weighted by Gasteiger charge is -2.10. The Morgan fingerprint density at radius 3 is 2.77 bits per heavy atom. The number of hydrazone groups is 1. The van der Waals surface area contributed by atoms with E-state index in [0.29, 0.717) is 32.8 Å². The molecule has 0 atom stereocenters. The third kappa shape index (κ3) is 5.50. The van der Waals surface area contributed by atoms with Gasteiger partial charge in [0.2, 0.25) is 0 Å². The summed E-state index contributed by atoms with van der Waals surface area (Å²) in [6, 6.07) is 16.4. The highest BCUT2D eigenvalue weighted by atomic mass is 35.5. The fraction of sp³-hybridized carbons (Fsp3) is 0.182. The molecule has 0 aliphatic rings. The summed E-state index contributed by atoms with van der Waals surface area (Å²) in [6.45, 7) is 2.13. The second-order valence-corrected chi connectivity index (χ2v) is 7.83. The van der Waals surface area contributed by atoms with Crippen LogP contribution < -0.4 is 5.43 Å². The number of rotatable bonds is 8. The highest BCUT2D eigenvalue weighted by molar-refractivity contribution is 7.99. The number of thioether (sulfide) groups is 1. The highest BCUT2D eigenvalue weighted by Gasteiger charge is 2.16. The van der Waals surface area contributed by atoms with Crippen LogP contribution in [0, 0.1) is 11.3 Å². The Labute approximate surface area is 184 Å². The number of phenols is 1. The molecular weight excluding hydrogens is 418 g/mol. The molecule has 0 fully saturated rings. The zero-order valence-electron chi connectivity index (χ0n) is 16.3. The van der Waals surface area contributed by atoms with Crippen molar-refractivity contribution in [2.75, 3.05) is 11.2 Å². The summed E-state index contributed by atoms with van der Waals surface area (Å²) < 4.78 is 0. The van der Waals surface area contributed by atoms with Gasteiger partial charge in [0.15, 0.2) is 11.0 Å². The molecule has 0 aliphatic heterocycles. The van der Waals surface area contributed by atoms with E-state index in [4.69, 9.17) is 11.6 Å². The number of anilines is 1. The van der Waals surface area contributed by atoms with Gasteiger partial charge < -0.3 is 5.11 Å². The van der Waals surface area contributed by atoms with Crippen molar-refractivity contribution in [3.8, 4) is 23.1 Å². The molecule has 2 aromatic carbocycles. The van der Waals surface area contributed by atoms with Crippen molar-refractivity contribution in [1.82, 2.24) is 9.97 Å². The first-order valence-electron chi connectivity index (χ1n) is 9.40. The van der Waals surface area contributed by atoms with Gasteiger partial charge in [-0.15, -0.1) is 0 Å². The Balaban J connectivity index is 1.97. The molecule has 0 radical (unpaired) electrons. The van der Waals surface area contributed by atoms with Gasteiger partial charge in [0.1, 0.15) is 17.4 Å². The second-order valence-electron chi connectivity index (χ2n) is 6.33. The SMILES string of the molecule is CCCCSc1nc(N/N=C/c2cc(Cl)ccc2O)c(C#N)c(-c2ccccc2)n1. The van der Waals surface area contributed by atoms with Crippen LogP contribution >= 0.6 is 23.4 Å². The number of hydrogen-bond donors (Lipinski definition) is 2. The normalized spacial score (nSPS) is 10.8. The number of aromatic nitrogens is 2. The van der Waals surface area contributed by atoms with Crippen LogP contribution in [0.4, 0.5) is 5.82 Å². The average molecular weight is 438 g/mol. The Morgan fingerprint density at radius 1 is 1.23 bits per heavy atom. The fourth-order valence-corrected chi connectivity index (χ4v) is 3.70. The van der Waals surface area contributed by atoms with Crippen LogP contribution in [0.3, 0.4) is 0 Å². The standard InChI is InChI=1S/C22H20ClN5OS/c1-2-3-11-30-22-26-20(15-7-5-4-6-8-15)18(13-24)21(27-22)28-25-14-16-12-17(23)9-10-19(16)29/h4-10,12,14,29H,2-3,11H2,1H3,(H,26,27,28)/b25-14+. The van der Waals surface area contributed by atoms with Gasteiger partial charge >= 0.3 is 0 Å². The smallest absolute Gasteiger partial charge is 0.190 e. The maximum absolute atomic E-state index is 9.93. The zero-order valence-corrected chi connectivity index (χ0v) is 17.9. The fourth-order valence-electron chi connectivity index (χ4n) is 2.60. The lowest BCUT2D eigenvalue weighted by atomic mass is 10.1. The van der Waals surface area contributed by atoms with E-state index in [2.05, 4.69) is 33.5 Å². The monoisotopic (exact) mass is 437 g/mol. The van der Waals surface area contributed by atoms with Gasteiger partial charge in [-0.3, -0.25) is 5.43 Å². The molecule has 0 aliphatic carbocycles. The van der Waals surface area contributed by atoms with Gasteiger partial charge in [-0.05, 0) is 24.6 Å². The number of phenolic OH excluding ortho intramolecular Hbond substituents is 1. The number of unbranched alkanes of at least 4 members (excludes halogenated alkanes) is 1. The molecular formula is C22H20ClN5OS. The van der Waals surface area contributed by atoms with Gasteiger partial charge in [0, 0.05) is 21.9 Å². The molecule has 6 nitrogen and oxygen atoms in total. The number of nitriles is 1. The Hall–Kier alpha value is -3.08. The molecule has 3 aromatic rings. The van der Waals surface area contributed by atoms with E-state index in [1.807, 2.05) is 30.3 Å². The van der Waals surface area contributed by atoms with Crippen molar-refractivity contribution in [3.63, 3.8) is 0 Å². The van der Waals surface area contributed by atoms with Gasteiger partial charge in [-0.2, -0.15) is 10.4 Å². The maximum atomic E-state index is 9.93. The van der Waals surface area contributed by atoms with Crippen molar-refractivity contribution < 1.29 is 5.11 Å². The lowest BCUT2D eigenvalue weighted by Crippen LogP contribution is -2.03. The van der Waals surface area contributed by atoms with Gasteiger partial charge in [0.05, 0.1) is 11.9 Å². The third-order valence-corrected chi connectivity index (χ3v) is 5.31. The number of benzene rings is 2. The summed E-state index contributed by atoms with van der Waals surface area (Å²) >= 11 is 7.51. The first-order valence-corrected chi connectivity index (χ1v) is 10.8. The summed E-state index contributed by atoms with van der Waals surface area (Å²) in [5.74, 6) is 1.24. The highest BCUT2D eigenvalue weighted by Crippen LogP contribution is 2.29. The molecule has 0 spiro atoms. The van der Waals surface area contributed by atoms with Crippen molar-refractivity contribution in [3.05, 3.63) is 64.7 Å². The van der Waals surface area contributed by atoms with E-state index in [-0.39, 0.29) is 5.75 Å². The van der Waals surface area contributed by atoms with Crippen LogP contribution in [0.25, 0.3) is 11.3 Å². The largest absolute Gasteiger partial charge is 0.507 e. The number of hydrogen-bond acceptors (Lipinski definition) is 7. The Bertz CT molecular complexity index is 1080. The van der Waals surface area contributed by atoms with Crippen LogP contribution in [0.5, 0.6) is 5.75 Å². The minimum Gasteiger partial charge on any atom is -0.507 e. The van der Waals surface area contributed by atoms with E-state index >= 15 is 0 Å². The lowest BCUT2D eigenvalue weighted by molar-refractivity contribution is 0.474. The topological polar surface area (TPSA) is 94.2 Å². The number of nitrogens with one attached hydrogen (secondary N) is 1. The Morgan fingerprint density at radius 2 is 2.03 bits per heavy atom. The first-order chi connectivity index (χ1) is 14.6. The molecule has 0 saturated carbocycles. The summed E-state index contributed by atoms with van der Waals surface area (Å²) in [7, 11) is 0. The van der Waals surface area contributed by atoms with Crippen LogP contribution in [-0.2, 0) is 0 Å². The molecule has 0 saturated heterocycles. The molecule has 30 heavy (non-hydrogen) atoms. The number of aromatic hydroxyl groups is 1. The maximum Gasteiger partial charge on any atom is 0.190 e. The molecule has 1 heterocycles. The first kappa shape index (κ1) is 21.6. The molecule has 0 unspecified atom stereocenters. The van der Waals surface area contributed by atoms with Crippen molar-refractivity contribution >= 4 is 35.4 Å². The van der Waals surface area contributed by atoms with E-state index in [9.17, 15) is 10.4 Å². The molecule has 0 amide bonds. The molecule has 0 bridgehead atoms. The average Bonchev–Trinajstić information content (AvgIpc) is 2.76. The van der Waals surface area contributed by atoms with E-state index < -0.39 is 0 Å². The van der Waals surface area contributed by atoms with Gasteiger partial charge in [0.25, 0.3) is 0 Å². The zero-order chi connectivity index (χ0) is 21.3. The van der Waals surface area contributed by atoms with Gasteiger partial charge in [-0.25, -0.2) is 9.97 Å².